The van der Waals surface area contributed by atoms with Gasteiger partial charge in [-0.1, -0.05) is 19.1 Å². The summed E-state index contributed by atoms with van der Waals surface area (Å²) in [5.41, 5.74) is 2.01. The van der Waals surface area contributed by atoms with E-state index in [1.165, 1.54) is 5.56 Å². The number of hydrogen-bond donors (Lipinski definition) is 2. The Morgan fingerprint density at radius 1 is 1.22 bits per heavy atom. The van der Waals surface area contributed by atoms with Gasteiger partial charge in [0.1, 0.15) is 0 Å². The van der Waals surface area contributed by atoms with Crippen LogP contribution in [0.5, 0.6) is 0 Å². The van der Waals surface area contributed by atoms with Gasteiger partial charge in [0.15, 0.2) is 0 Å². The van der Waals surface area contributed by atoms with E-state index in [1.807, 2.05) is 31.1 Å². The molecule has 1 heterocycles. The number of rotatable bonds is 10. The Kier molecular flexibility index (Phi) is 8.29. The lowest BCUT2D eigenvalue weighted by Crippen LogP contribution is -2.35. The van der Waals surface area contributed by atoms with Crippen molar-refractivity contribution < 1.29 is 4.79 Å². The summed E-state index contributed by atoms with van der Waals surface area (Å²) in [5, 5.41) is 6.61. The van der Waals surface area contributed by atoms with Gasteiger partial charge >= 0.3 is 0 Å². The van der Waals surface area contributed by atoms with Crippen LogP contribution in [0.15, 0.2) is 29.3 Å². The first-order chi connectivity index (χ1) is 12.9. The van der Waals surface area contributed by atoms with Crippen LogP contribution in [0, 0.1) is 5.92 Å². The number of carbonyl (C=O) groups is 1. The second kappa shape index (κ2) is 10.5. The molecule has 1 aromatic carbocycles. The zero-order valence-electron chi connectivity index (χ0n) is 17.6. The minimum absolute atomic E-state index is 0.102. The van der Waals surface area contributed by atoms with Gasteiger partial charge in [0.2, 0.25) is 0 Å². The second-order valence-corrected chi connectivity index (χ2v) is 7.88. The molecule has 0 saturated heterocycles. The molecule has 1 aromatic rings. The van der Waals surface area contributed by atoms with E-state index in [9.17, 15) is 4.79 Å². The third-order valence-electron chi connectivity index (χ3n) is 5.64. The van der Waals surface area contributed by atoms with E-state index < -0.39 is 0 Å². The largest absolute Gasteiger partial charge is 0.372 e. The lowest BCUT2D eigenvalue weighted by molar-refractivity contribution is 0.0735. The van der Waals surface area contributed by atoms with Crippen molar-refractivity contribution in [1.29, 1.82) is 0 Å². The zero-order valence-corrected chi connectivity index (χ0v) is 17.6. The molecule has 1 aliphatic rings. The summed E-state index contributed by atoms with van der Waals surface area (Å²) in [6.07, 6.45) is 4.22. The van der Waals surface area contributed by atoms with E-state index in [1.54, 1.807) is 0 Å². The third-order valence-corrected chi connectivity index (χ3v) is 5.64. The Hall–Kier alpha value is -1.88. The molecular weight excluding hydrogens is 336 g/mol. The fourth-order valence-corrected chi connectivity index (χ4v) is 3.44. The number of hydrogen-bond acceptors (Lipinski definition) is 4. The fourth-order valence-electron chi connectivity index (χ4n) is 3.44. The van der Waals surface area contributed by atoms with Gasteiger partial charge < -0.3 is 15.5 Å². The van der Waals surface area contributed by atoms with Gasteiger partial charge in [0.25, 0.3) is 5.91 Å². The molecule has 0 spiro atoms. The van der Waals surface area contributed by atoms with Crippen molar-refractivity contribution in [3.05, 3.63) is 35.4 Å². The first-order valence-electron chi connectivity index (χ1n) is 10.2. The van der Waals surface area contributed by atoms with Gasteiger partial charge in [0.05, 0.1) is 12.4 Å². The molecule has 0 aliphatic carbocycles. The zero-order chi connectivity index (χ0) is 19.8. The van der Waals surface area contributed by atoms with Crippen LogP contribution in [0.4, 0.5) is 0 Å². The number of nitrogens with one attached hydrogen (secondary N) is 2. The number of amidine groups is 1. The number of nitrogens with zero attached hydrogens (tertiary/aromatic N) is 2. The highest BCUT2D eigenvalue weighted by molar-refractivity contribution is 5.94. The molecule has 0 aromatic heterocycles. The third kappa shape index (κ3) is 6.35. The van der Waals surface area contributed by atoms with Crippen molar-refractivity contribution in [2.45, 2.75) is 58.5 Å². The molecule has 1 amide bonds. The summed E-state index contributed by atoms with van der Waals surface area (Å²) in [6, 6.07) is 8.84. The summed E-state index contributed by atoms with van der Waals surface area (Å²) < 4.78 is 0. The molecule has 0 radical (unpaired) electrons. The van der Waals surface area contributed by atoms with Crippen LogP contribution in [0.1, 0.15) is 56.0 Å². The molecule has 0 bridgehead atoms. The van der Waals surface area contributed by atoms with E-state index >= 15 is 0 Å². The van der Waals surface area contributed by atoms with Gasteiger partial charge in [-0.25, -0.2) is 0 Å². The minimum Gasteiger partial charge on any atom is -0.372 e. The Labute approximate surface area is 164 Å². The molecule has 1 aliphatic heterocycles. The van der Waals surface area contributed by atoms with Crippen LogP contribution in [-0.4, -0.2) is 55.9 Å². The van der Waals surface area contributed by atoms with E-state index in [4.69, 9.17) is 0 Å². The second-order valence-electron chi connectivity index (χ2n) is 7.88. The molecule has 0 unspecified atom stereocenters. The van der Waals surface area contributed by atoms with Crippen molar-refractivity contribution in [2.24, 2.45) is 10.9 Å². The standard InChI is InChI=1S/C22H36N4O/c1-16(21-24-13-14-25-21)15-19-9-11-20(12-10-19)22(27)26(5)18(3)8-6-7-17(2)23-4/h9-12,16-18,23H,6-8,13-15H2,1-5H3,(H,24,25)/t16-,17-,18-/m1/s1. The SMILES string of the molecule is CN[C@H](C)CCC[C@@H](C)N(C)C(=O)c1ccc(C[C@@H](C)C2=NCCN2)cc1. The Bertz CT molecular complexity index is 626. The molecule has 0 fully saturated rings. The quantitative estimate of drug-likeness (QED) is 0.663. The minimum atomic E-state index is 0.102. The van der Waals surface area contributed by atoms with Gasteiger partial charge in [0, 0.05) is 37.2 Å². The summed E-state index contributed by atoms with van der Waals surface area (Å²) in [5.74, 6) is 1.60. The number of carbonyl (C=O) groups excluding carboxylic acids is 1. The lowest BCUT2D eigenvalue weighted by Gasteiger charge is -2.25. The van der Waals surface area contributed by atoms with E-state index in [0.29, 0.717) is 12.0 Å². The molecule has 5 heteroatoms. The van der Waals surface area contributed by atoms with Crippen molar-refractivity contribution >= 4 is 11.7 Å². The van der Waals surface area contributed by atoms with Crippen LogP contribution >= 0.6 is 0 Å². The summed E-state index contributed by atoms with van der Waals surface area (Å²) in [6.45, 7) is 8.35. The maximum atomic E-state index is 12.8. The highest BCUT2D eigenvalue weighted by Gasteiger charge is 2.18. The van der Waals surface area contributed by atoms with Crippen molar-refractivity contribution in [3.8, 4) is 0 Å². The molecule has 27 heavy (non-hydrogen) atoms. The number of benzene rings is 1. The molecule has 5 nitrogen and oxygen atoms in total. The molecular formula is C22H36N4O. The fraction of sp³-hybridized carbons (Fsp3) is 0.636. The first-order valence-corrected chi connectivity index (χ1v) is 10.2. The number of amides is 1. The Balaban J connectivity index is 1.86. The average molecular weight is 373 g/mol. The topological polar surface area (TPSA) is 56.7 Å². The summed E-state index contributed by atoms with van der Waals surface area (Å²) >= 11 is 0. The van der Waals surface area contributed by atoms with Gasteiger partial charge in [-0.15, -0.1) is 0 Å². The summed E-state index contributed by atoms with van der Waals surface area (Å²) in [7, 11) is 3.90. The molecule has 3 atom stereocenters. The molecule has 150 valence electrons. The van der Waals surface area contributed by atoms with E-state index in [0.717, 1.165) is 50.2 Å². The van der Waals surface area contributed by atoms with Crippen LogP contribution in [0.3, 0.4) is 0 Å². The predicted molar refractivity (Wildman–Crippen MR) is 114 cm³/mol. The van der Waals surface area contributed by atoms with Crippen LogP contribution in [-0.2, 0) is 6.42 Å². The van der Waals surface area contributed by atoms with Crippen molar-refractivity contribution in [2.75, 3.05) is 27.2 Å². The van der Waals surface area contributed by atoms with E-state index in [2.05, 4.69) is 48.5 Å². The highest BCUT2D eigenvalue weighted by atomic mass is 16.2. The van der Waals surface area contributed by atoms with Crippen LogP contribution in [0.2, 0.25) is 0 Å². The van der Waals surface area contributed by atoms with Crippen LogP contribution in [0.25, 0.3) is 0 Å². The monoisotopic (exact) mass is 372 g/mol. The molecule has 2 rings (SSSR count). The van der Waals surface area contributed by atoms with Crippen molar-refractivity contribution in [1.82, 2.24) is 15.5 Å². The van der Waals surface area contributed by atoms with Gasteiger partial charge in [-0.05, 0) is 64.3 Å². The average Bonchev–Trinajstić information content (AvgIpc) is 3.22. The Morgan fingerprint density at radius 3 is 2.52 bits per heavy atom. The highest BCUT2D eigenvalue weighted by Crippen LogP contribution is 2.15. The normalized spacial score (nSPS) is 17.0. The van der Waals surface area contributed by atoms with Gasteiger partial charge in [-0.3, -0.25) is 9.79 Å². The smallest absolute Gasteiger partial charge is 0.253 e. The van der Waals surface area contributed by atoms with Crippen molar-refractivity contribution in [3.63, 3.8) is 0 Å². The maximum absolute atomic E-state index is 12.8. The number of aliphatic imine (C=N–C) groups is 1. The van der Waals surface area contributed by atoms with Gasteiger partial charge in [-0.2, -0.15) is 0 Å². The van der Waals surface area contributed by atoms with E-state index in [-0.39, 0.29) is 11.9 Å². The summed E-state index contributed by atoms with van der Waals surface area (Å²) in [4.78, 5) is 19.1. The molecule has 2 N–H and O–H groups in total. The van der Waals surface area contributed by atoms with Crippen LogP contribution < -0.4 is 10.6 Å². The maximum Gasteiger partial charge on any atom is 0.253 e. The molecule has 0 saturated carbocycles. The Morgan fingerprint density at radius 2 is 1.93 bits per heavy atom. The predicted octanol–water partition coefficient (Wildman–Crippen LogP) is 3.11. The lowest BCUT2D eigenvalue weighted by atomic mass is 9.98. The first kappa shape index (κ1) is 21.4.